The highest BCUT2D eigenvalue weighted by molar-refractivity contribution is 5.93. The molecule has 0 aliphatic carbocycles. The number of carbonyl (C=O) groups is 1. The van der Waals surface area contributed by atoms with E-state index in [1.54, 1.807) is 13.0 Å². The van der Waals surface area contributed by atoms with Crippen molar-refractivity contribution < 1.29 is 19.4 Å². The lowest BCUT2D eigenvalue weighted by Gasteiger charge is -2.16. The molecule has 1 aromatic carbocycles. The molecule has 1 aromatic rings. The SMILES string of the molecule is CCCCCCCCCCCCCC(=O)Nc1cc(C)c(O)c(OC)c1OC. The molecule has 0 unspecified atom stereocenters. The van der Waals surface area contributed by atoms with Crippen LogP contribution in [-0.4, -0.2) is 25.2 Å². The van der Waals surface area contributed by atoms with Crippen molar-refractivity contribution >= 4 is 11.6 Å². The minimum Gasteiger partial charge on any atom is -0.504 e. The zero-order chi connectivity index (χ0) is 20.8. The van der Waals surface area contributed by atoms with Gasteiger partial charge in [-0.05, 0) is 25.0 Å². The van der Waals surface area contributed by atoms with Gasteiger partial charge in [-0.3, -0.25) is 4.79 Å². The topological polar surface area (TPSA) is 67.8 Å². The summed E-state index contributed by atoms with van der Waals surface area (Å²) in [6.07, 6.45) is 14.3. The zero-order valence-corrected chi connectivity index (χ0v) is 18.2. The molecule has 0 aliphatic heterocycles. The molecule has 28 heavy (non-hydrogen) atoms. The molecule has 0 saturated carbocycles. The Morgan fingerprint density at radius 3 is 1.89 bits per heavy atom. The van der Waals surface area contributed by atoms with E-state index in [1.165, 1.54) is 72.0 Å². The highest BCUT2D eigenvalue weighted by atomic mass is 16.5. The van der Waals surface area contributed by atoms with Crippen molar-refractivity contribution in [1.82, 2.24) is 0 Å². The number of phenols is 1. The van der Waals surface area contributed by atoms with Crippen molar-refractivity contribution in [2.24, 2.45) is 0 Å². The summed E-state index contributed by atoms with van der Waals surface area (Å²) in [5.74, 6) is 0.578. The van der Waals surface area contributed by atoms with E-state index < -0.39 is 0 Å². The third kappa shape index (κ3) is 8.41. The molecule has 1 rings (SSSR count). The van der Waals surface area contributed by atoms with Crippen LogP contribution in [0, 0.1) is 6.92 Å². The maximum absolute atomic E-state index is 12.3. The summed E-state index contributed by atoms with van der Waals surface area (Å²) >= 11 is 0. The smallest absolute Gasteiger partial charge is 0.224 e. The fraction of sp³-hybridized carbons (Fsp3) is 0.696. The molecule has 0 aromatic heterocycles. The highest BCUT2D eigenvalue weighted by Crippen LogP contribution is 2.44. The van der Waals surface area contributed by atoms with Gasteiger partial charge in [0.15, 0.2) is 11.5 Å². The Kier molecular flexibility index (Phi) is 12.2. The van der Waals surface area contributed by atoms with Gasteiger partial charge in [-0.15, -0.1) is 0 Å². The van der Waals surface area contributed by atoms with Crippen molar-refractivity contribution in [2.75, 3.05) is 19.5 Å². The molecular weight excluding hydrogens is 354 g/mol. The van der Waals surface area contributed by atoms with E-state index in [9.17, 15) is 9.90 Å². The Balaban J connectivity index is 2.26. The first kappa shape index (κ1) is 24.1. The third-order valence-corrected chi connectivity index (χ3v) is 5.09. The average molecular weight is 394 g/mol. The van der Waals surface area contributed by atoms with Crippen LogP contribution in [0.1, 0.15) is 89.5 Å². The van der Waals surface area contributed by atoms with Crippen LogP contribution in [0.4, 0.5) is 5.69 Å². The number of phenolic OH excluding ortho intramolecular Hbond substituents is 1. The summed E-state index contributed by atoms with van der Waals surface area (Å²) in [6, 6.07) is 1.70. The number of nitrogens with one attached hydrogen (secondary N) is 1. The number of aryl methyl sites for hydroxylation is 1. The number of hydrogen-bond donors (Lipinski definition) is 2. The van der Waals surface area contributed by atoms with E-state index in [0.29, 0.717) is 23.4 Å². The fourth-order valence-electron chi connectivity index (χ4n) is 3.41. The van der Waals surface area contributed by atoms with Gasteiger partial charge in [0.05, 0.1) is 19.9 Å². The standard InChI is InChI=1S/C23H39NO4/c1-5-6-7-8-9-10-11-12-13-14-15-16-20(25)24-19-17-18(2)21(26)23(28-4)22(19)27-3/h17,26H,5-16H2,1-4H3,(H,24,25). The predicted molar refractivity (Wildman–Crippen MR) is 116 cm³/mol. The molecule has 0 aliphatic rings. The van der Waals surface area contributed by atoms with E-state index in [-0.39, 0.29) is 17.4 Å². The molecular formula is C23H39NO4. The minimum absolute atomic E-state index is 0.0303. The first-order valence-electron chi connectivity index (χ1n) is 10.8. The van der Waals surface area contributed by atoms with Gasteiger partial charge in [-0.25, -0.2) is 0 Å². The summed E-state index contributed by atoms with van der Waals surface area (Å²) in [5.41, 5.74) is 1.16. The minimum atomic E-state index is -0.0404. The molecule has 2 N–H and O–H groups in total. The van der Waals surface area contributed by atoms with Crippen LogP contribution in [0.2, 0.25) is 0 Å². The Morgan fingerprint density at radius 1 is 0.893 bits per heavy atom. The van der Waals surface area contributed by atoms with E-state index >= 15 is 0 Å². The Morgan fingerprint density at radius 2 is 1.39 bits per heavy atom. The number of unbranched alkanes of at least 4 members (excludes halogenated alkanes) is 10. The monoisotopic (exact) mass is 393 g/mol. The summed E-state index contributed by atoms with van der Waals surface area (Å²) in [4.78, 5) is 12.3. The Labute approximate surface area is 170 Å². The molecule has 160 valence electrons. The summed E-state index contributed by atoms with van der Waals surface area (Å²) in [7, 11) is 2.96. The highest BCUT2D eigenvalue weighted by Gasteiger charge is 2.18. The molecule has 5 heteroatoms. The van der Waals surface area contributed by atoms with E-state index in [0.717, 1.165) is 12.8 Å². The number of anilines is 1. The average Bonchev–Trinajstić information content (AvgIpc) is 2.68. The molecule has 0 fully saturated rings. The Bertz CT molecular complexity index is 586. The lowest BCUT2D eigenvalue weighted by atomic mass is 10.1. The number of methoxy groups -OCH3 is 2. The Hall–Kier alpha value is -1.91. The summed E-state index contributed by atoms with van der Waals surface area (Å²) < 4.78 is 10.5. The zero-order valence-electron chi connectivity index (χ0n) is 18.2. The van der Waals surface area contributed by atoms with E-state index in [1.807, 2.05) is 0 Å². The number of rotatable bonds is 15. The van der Waals surface area contributed by atoms with Crippen LogP contribution in [-0.2, 0) is 4.79 Å². The van der Waals surface area contributed by atoms with Crippen molar-refractivity contribution in [3.05, 3.63) is 11.6 Å². The lowest BCUT2D eigenvalue weighted by Crippen LogP contribution is -2.12. The number of amides is 1. The van der Waals surface area contributed by atoms with E-state index in [4.69, 9.17) is 9.47 Å². The summed E-state index contributed by atoms with van der Waals surface area (Å²) in [6.45, 7) is 4.01. The van der Waals surface area contributed by atoms with Gasteiger partial charge in [0.1, 0.15) is 0 Å². The normalized spacial score (nSPS) is 10.7. The van der Waals surface area contributed by atoms with Gasteiger partial charge in [0.25, 0.3) is 0 Å². The van der Waals surface area contributed by atoms with Crippen LogP contribution in [0.5, 0.6) is 17.2 Å². The number of aromatic hydroxyl groups is 1. The third-order valence-electron chi connectivity index (χ3n) is 5.09. The second-order valence-corrected chi connectivity index (χ2v) is 7.49. The number of benzene rings is 1. The van der Waals surface area contributed by atoms with Crippen molar-refractivity contribution in [3.63, 3.8) is 0 Å². The molecule has 0 saturated heterocycles. The summed E-state index contributed by atoms with van der Waals surface area (Å²) in [5, 5.41) is 13.0. The molecule has 5 nitrogen and oxygen atoms in total. The van der Waals surface area contributed by atoms with Crippen molar-refractivity contribution in [1.29, 1.82) is 0 Å². The first-order valence-corrected chi connectivity index (χ1v) is 10.8. The van der Waals surface area contributed by atoms with Gasteiger partial charge < -0.3 is 19.9 Å². The van der Waals surface area contributed by atoms with Crippen molar-refractivity contribution in [3.8, 4) is 17.2 Å². The number of hydrogen-bond acceptors (Lipinski definition) is 4. The van der Waals surface area contributed by atoms with Crippen LogP contribution < -0.4 is 14.8 Å². The van der Waals surface area contributed by atoms with Crippen molar-refractivity contribution in [2.45, 2.75) is 90.9 Å². The largest absolute Gasteiger partial charge is 0.504 e. The molecule has 1 amide bonds. The quantitative estimate of drug-likeness (QED) is 0.269. The van der Waals surface area contributed by atoms with Gasteiger partial charge >= 0.3 is 0 Å². The number of ether oxygens (including phenoxy) is 2. The van der Waals surface area contributed by atoms with Gasteiger partial charge in [-0.1, -0.05) is 71.1 Å². The van der Waals surface area contributed by atoms with E-state index in [2.05, 4.69) is 12.2 Å². The van der Waals surface area contributed by atoms with Crippen LogP contribution in [0.15, 0.2) is 6.07 Å². The second-order valence-electron chi connectivity index (χ2n) is 7.49. The van der Waals surface area contributed by atoms with Crippen LogP contribution in [0.25, 0.3) is 0 Å². The fourth-order valence-corrected chi connectivity index (χ4v) is 3.41. The first-order chi connectivity index (χ1) is 13.5. The molecule has 0 bridgehead atoms. The van der Waals surface area contributed by atoms with Gasteiger partial charge in [0.2, 0.25) is 11.7 Å². The molecule has 0 atom stereocenters. The molecule has 0 heterocycles. The number of carbonyl (C=O) groups excluding carboxylic acids is 1. The van der Waals surface area contributed by atoms with Crippen LogP contribution >= 0.6 is 0 Å². The lowest BCUT2D eigenvalue weighted by molar-refractivity contribution is -0.116. The molecule has 0 radical (unpaired) electrons. The van der Waals surface area contributed by atoms with Crippen LogP contribution in [0.3, 0.4) is 0 Å². The second kappa shape index (κ2) is 14.1. The van der Waals surface area contributed by atoms with Gasteiger partial charge in [-0.2, -0.15) is 0 Å². The maximum atomic E-state index is 12.3. The van der Waals surface area contributed by atoms with Gasteiger partial charge in [0, 0.05) is 6.42 Å². The maximum Gasteiger partial charge on any atom is 0.224 e. The predicted octanol–water partition coefficient (Wildman–Crippen LogP) is 6.36. The molecule has 0 spiro atoms.